The molecule has 0 aromatic heterocycles. The van der Waals surface area contributed by atoms with Gasteiger partial charge < -0.3 is 4.84 Å². The molecule has 0 aliphatic carbocycles. The molecule has 2 nitrogen and oxygen atoms in total. The summed E-state index contributed by atoms with van der Waals surface area (Å²) in [4.78, 5) is 4.77. The number of hydrogen-bond donors (Lipinski definition) is 1. The molecule has 0 aliphatic rings. The predicted molar refractivity (Wildman–Crippen MR) is 57.5 cm³/mol. The summed E-state index contributed by atoms with van der Waals surface area (Å²) in [5, 5.41) is 2.55. The van der Waals surface area contributed by atoms with Crippen LogP contribution in [-0.2, 0) is 11.4 Å². The minimum Gasteiger partial charge on any atom is -0.304 e. The van der Waals surface area contributed by atoms with Crippen molar-refractivity contribution in [2.75, 3.05) is 0 Å². The van der Waals surface area contributed by atoms with Crippen molar-refractivity contribution in [1.29, 1.82) is 0 Å². The monoisotopic (exact) mass is 285 g/mol. The molecule has 0 fully saturated rings. The Morgan fingerprint density at radius 3 is 1.61 bits per heavy atom. The summed E-state index contributed by atoms with van der Waals surface area (Å²) in [5.74, 6) is -9.86. The molecular formula is C10H12F5NOSi. The van der Waals surface area contributed by atoms with E-state index in [2.05, 4.69) is 5.15 Å². The lowest BCUT2D eigenvalue weighted by molar-refractivity contribution is 0.0678. The third kappa shape index (κ3) is 3.27. The van der Waals surface area contributed by atoms with Crippen molar-refractivity contribution in [1.82, 2.24) is 5.15 Å². The van der Waals surface area contributed by atoms with E-state index in [-0.39, 0.29) is 0 Å². The van der Waals surface area contributed by atoms with E-state index in [1.165, 1.54) is 0 Å². The van der Waals surface area contributed by atoms with Crippen LogP contribution in [0.2, 0.25) is 19.6 Å². The summed E-state index contributed by atoms with van der Waals surface area (Å²) in [7, 11) is -1.86. The largest absolute Gasteiger partial charge is 0.304 e. The van der Waals surface area contributed by atoms with Gasteiger partial charge in [-0.1, -0.05) is 19.6 Å². The van der Waals surface area contributed by atoms with Gasteiger partial charge in [-0.05, 0) is 0 Å². The van der Waals surface area contributed by atoms with Gasteiger partial charge in [0, 0.05) is 0 Å². The first-order valence-electron chi connectivity index (χ1n) is 5.04. The molecule has 1 rings (SSSR count). The van der Waals surface area contributed by atoms with Crippen LogP contribution in [0.3, 0.4) is 0 Å². The summed E-state index contributed by atoms with van der Waals surface area (Å²) in [6.45, 7) is 4.78. The molecule has 0 saturated heterocycles. The molecule has 0 radical (unpaired) electrons. The molecule has 1 N–H and O–H groups in total. The quantitative estimate of drug-likeness (QED) is 0.301. The maximum atomic E-state index is 13.2. The molecule has 0 heterocycles. The zero-order valence-electron chi connectivity index (χ0n) is 10.0. The maximum absolute atomic E-state index is 13.2. The van der Waals surface area contributed by atoms with Crippen LogP contribution in [0, 0.1) is 29.1 Å². The van der Waals surface area contributed by atoms with E-state index in [1.54, 1.807) is 0 Å². The standard InChI is InChI=1S/C10H12F5NOSi/c1-18(2,3)16-17-4-5-6(11)8(13)10(15)9(14)7(5)12/h16H,4H2,1-3H3. The Hall–Kier alpha value is -0.993. The van der Waals surface area contributed by atoms with Crippen LogP contribution in [-0.4, -0.2) is 8.24 Å². The second-order valence-electron chi connectivity index (χ2n) is 4.69. The van der Waals surface area contributed by atoms with Crippen molar-refractivity contribution < 1.29 is 26.8 Å². The molecule has 0 amide bonds. The van der Waals surface area contributed by atoms with Crippen LogP contribution < -0.4 is 5.15 Å². The van der Waals surface area contributed by atoms with Crippen LogP contribution in [0.5, 0.6) is 0 Å². The van der Waals surface area contributed by atoms with Crippen LogP contribution in [0.4, 0.5) is 22.0 Å². The van der Waals surface area contributed by atoms with Gasteiger partial charge in [0.2, 0.25) is 5.82 Å². The number of benzene rings is 1. The van der Waals surface area contributed by atoms with Crippen molar-refractivity contribution in [2.24, 2.45) is 0 Å². The molecular weight excluding hydrogens is 273 g/mol. The Kier molecular flexibility index (Phi) is 4.46. The second kappa shape index (κ2) is 5.33. The highest BCUT2D eigenvalue weighted by atomic mass is 28.3. The topological polar surface area (TPSA) is 21.3 Å². The maximum Gasteiger partial charge on any atom is 0.200 e. The first-order valence-corrected chi connectivity index (χ1v) is 8.54. The second-order valence-corrected chi connectivity index (χ2v) is 9.39. The third-order valence-corrected chi connectivity index (χ3v) is 2.65. The first-order chi connectivity index (χ1) is 8.15. The van der Waals surface area contributed by atoms with Crippen LogP contribution in [0.1, 0.15) is 5.56 Å². The molecule has 1 aromatic rings. The fourth-order valence-electron chi connectivity index (χ4n) is 1.10. The Bertz CT molecular complexity index is 432. The average molecular weight is 285 g/mol. The highest BCUT2D eigenvalue weighted by Crippen LogP contribution is 2.23. The van der Waals surface area contributed by atoms with Crippen LogP contribution >= 0.6 is 0 Å². The van der Waals surface area contributed by atoms with Gasteiger partial charge in [0.05, 0.1) is 12.2 Å². The van der Waals surface area contributed by atoms with Crippen molar-refractivity contribution in [3.63, 3.8) is 0 Å². The highest BCUT2D eigenvalue weighted by molar-refractivity contribution is 6.73. The summed E-state index contributed by atoms with van der Waals surface area (Å²) < 4.78 is 64.8. The van der Waals surface area contributed by atoms with Crippen molar-refractivity contribution in [3.05, 3.63) is 34.6 Å². The van der Waals surface area contributed by atoms with E-state index in [4.69, 9.17) is 4.84 Å². The van der Waals surface area contributed by atoms with Crippen molar-refractivity contribution in [2.45, 2.75) is 26.2 Å². The fourth-order valence-corrected chi connectivity index (χ4v) is 1.61. The lowest BCUT2D eigenvalue weighted by Gasteiger charge is -2.18. The van der Waals surface area contributed by atoms with Gasteiger partial charge in [-0.25, -0.2) is 27.1 Å². The first kappa shape index (κ1) is 15.1. The van der Waals surface area contributed by atoms with Gasteiger partial charge in [-0.3, -0.25) is 0 Å². The molecule has 0 bridgehead atoms. The number of rotatable bonds is 4. The van der Waals surface area contributed by atoms with Gasteiger partial charge in [0.1, 0.15) is 8.24 Å². The number of nitrogens with one attached hydrogen (secondary N) is 1. The summed E-state index contributed by atoms with van der Waals surface area (Å²) >= 11 is 0. The van der Waals surface area contributed by atoms with Gasteiger partial charge in [-0.2, -0.15) is 0 Å². The zero-order chi connectivity index (χ0) is 14.1. The molecule has 1 aromatic carbocycles. The van der Waals surface area contributed by atoms with Gasteiger partial charge >= 0.3 is 0 Å². The lowest BCUT2D eigenvalue weighted by Crippen LogP contribution is -2.41. The number of hydrogen-bond acceptors (Lipinski definition) is 2. The van der Waals surface area contributed by atoms with Crippen molar-refractivity contribution in [3.8, 4) is 0 Å². The van der Waals surface area contributed by atoms with Gasteiger partial charge in [0.15, 0.2) is 23.3 Å². The van der Waals surface area contributed by atoms with Crippen LogP contribution in [0.25, 0.3) is 0 Å². The normalized spacial score (nSPS) is 12.0. The van der Waals surface area contributed by atoms with Gasteiger partial charge in [0.25, 0.3) is 0 Å². The van der Waals surface area contributed by atoms with Crippen LogP contribution in [0.15, 0.2) is 0 Å². The highest BCUT2D eigenvalue weighted by Gasteiger charge is 2.26. The predicted octanol–water partition coefficient (Wildman–Crippen LogP) is 3.24. The molecule has 8 heteroatoms. The number of halogens is 5. The summed E-state index contributed by atoms with van der Waals surface area (Å²) in [5.41, 5.74) is -0.989. The fraction of sp³-hybridized carbons (Fsp3) is 0.400. The molecule has 0 saturated carbocycles. The third-order valence-electron chi connectivity index (χ3n) is 1.90. The molecule has 102 valence electrons. The molecule has 0 atom stereocenters. The van der Waals surface area contributed by atoms with E-state index < -0.39 is 49.5 Å². The Labute approximate surface area is 102 Å². The lowest BCUT2D eigenvalue weighted by atomic mass is 10.2. The van der Waals surface area contributed by atoms with E-state index in [1.807, 2.05) is 19.6 Å². The Balaban J connectivity index is 2.96. The SMILES string of the molecule is C[Si](C)(C)NOCc1c(F)c(F)c(F)c(F)c1F. The minimum atomic E-state index is -2.17. The molecule has 18 heavy (non-hydrogen) atoms. The van der Waals surface area contributed by atoms with E-state index in [0.29, 0.717) is 0 Å². The Morgan fingerprint density at radius 2 is 1.22 bits per heavy atom. The van der Waals surface area contributed by atoms with E-state index in [0.717, 1.165) is 0 Å². The summed E-state index contributed by atoms with van der Waals surface area (Å²) in [6, 6.07) is 0. The minimum absolute atomic E-state index is 0.740. The molecule has 0 aliphatic heterocycles. The smallest absolute Gasteiger partial charge is 0.200 e. The van der Waals surface area contributed by atoms with Gasteiger partial charge in [-0.15, -0.1) is 0 Å². The van der Waals surface area contributed by atoms with Crippen molar-refractivity contribution >= 4 is 8.24 Å². The van der Waals surface area contributed by atoms with E-state index >= 15 is 0 Å². The molecule has 0 unspecified atom stereocenters. The van der Waals surface area contributed by atoms with E-state index in [9.17, 15) is 22.0 Å². The average Bonchev–Trinajstić information content (AvgIpc) is 2.27. The zero-order valence-corrected chi connectivity index (χ0v) is 11.0. The summed E-state index contributed by atoms with van der Waals surface area (Å²) in [6.07, 6.45) is 0. The Morgan fingerprint density at radius 1 is 0.833 bits per heavy atom. The molecule has 0 spiro atoms.